The van der Waals surface area contributed by atoms with E-state index < -0.39 is 16.6 Å². The summed E-state index contributed by atoms with van der Waals surface area (Å²) >= 11 is 5.65. The molecule has 0 spiro atoms. The van der Waals surface area contributed by atoms with Crippen LogP contribution in [0.15, 0.2) is 17.3 Å². The highest BCUT2D eigenvalue weighted by atomic mass is 35.5. The fourth-order valence-corrected chi connectivity index (χ4v) is 2.92. The molecule has 1 unspecified atom stereocenters. The molecule has 0 N–H and O–H groups in total. The van der Waals surface area contributed by atoms with Gasteiger partial charge >= 0.3 is 0 Å². The van der Waals surface area contributed by atoms with E-state index in [1.807, 2.05) is 0 Å². The monoisotopic (exact) mass is 287 g/mol. The highest BCUT2D eigenvalue weighted by Gasteiger charge is 2.20. The van der Waals surface area contributed by atoms with Crippen LogP contribution in [0.2, 0.25) is 5.02 Å². The van der Waals surface area contributed by atoms with Crippen molar-refractivity contribution in [2.24, 2.45) is 7.05 Å². The molecule has 0 aliphatic rings. The van der Waals surface area contributed by atoms with Crippen molar-refractivity contribution in [1.82, 2.24) is 14.8 Å². The summed E-state index contributed by atoms with van der Waals surface area (Å²) in [5.41, 5.74) is 1.16. The van der Waals surface area contributed by atoms with Gasteiger partial charge in [0.2, 0.25) is 0 Å². The summed E-state index contributed by atoms with van der Waals surface area (Å²) in [5, 5.41) is 4.95. The maximum Gasteiger partial charge on any atom is 0.152 e. The van der Waals surface area contributed by atoms with Crippen LogP contribution in [-0.2, 0) is 17.8 Å². The molecule has 1 atom stereocenters. The lowest BCUT2D eigenvalue weighted by Gasteiger charge is -2.00. The van der Waals surface area contributed by atoms with Crippen LogP contribution in [-0.4, -0.2) is 25.2 Å². The van der Waals surface area contributed by atoms with E-state index in [0.717, 1.165) is 0 Å². The molecule has 7 heteroatoms. The topological polar surface area (TPSA) is 47.8 Å². The maximum absolute atomic E-state index is 13.8. The molecule has 2 heterocycles. The summed E-state index contributed by atoms with van der Waals surface area (Å²) in [4.78, 5) is 3.94. The summed E-state index contributed by atoms with van der Waals surface area (Å²) in [5.74, 6) is -0.544. The van der Waals surface area contributed by atoms with Gasteiger partial charge in [-0.15, -0.1) is 0 Å². The lowest BCUT2D eigenvalue weighted by atomic mass is 10.2. The zero-order valence-electron chi connectivity index (χ0n) is 10.1. The van der Waals surface area contributed by atoms with E-state index in [9.17, 15) is 8.60 Å². The minimum Gasteiger partial charge on any atom is -0.259 e. The molecule has 0 amide bonds. The number of pyridine rings is 1. The van der Waals surface area contributed by atoms with Crippen LogP contribution < -0.4 is 0 Å². The van der Waals surface area contributed by atoms with E-state index in [0.29, 0.717) is 16.3 Å². The molecule has 0 aliphatic heterocycles. The Morgan fingerprint density at radius 1 is 1.44 bits per heavy atom. The van der Waals surface area contributed by atoms with Gasteiger partial charge in [-0.3, -0.25) is 8.89 Å². The zero-order valence-corrected chi connectivity index (χ0v) is 11.6. The number of hydrogen-bond donors (Lipinski definition) is 0. The third kappa shape index (κ3) is 2.18. The first kappa shape index (κ1) is 13.2. The van der Waals surface area contributed by atoms with Gasteiger partial charge in [-0.1, -0.05) is 11.6 Å². The number of rotatable bonds is 2. The number of halogens is 2. The van der Waals surface area contributed by atoms with Crippen molar-refractivity contribution in [3.63, 3.8) is 0 Å². The highest BCUT2D eigenvalue weighted by Crippen LogP contribution is 2.27. The third-order valence-corrected chi connectivity index (χ3v) is 3.85. The molecule has 2 aromatic heterocycles. The first-order chi connectivity index (χ1) is 8.41. The van der Waals surface area contributed by atoms with Gasteiger partial charge in [0.05, 0.1) is 15.8 Å². The van der Waals surface area contributed by atoms with E-state index in [-0.39, 0.29) is 10.7 Å². The first-order valence-electron chi connectivity index (χ1n) is 5.10. The van der Waals surface area contributed by atoms with Crippen molar-refractivity contribution in [2.45, 2.75) is 11.9 Å². The summed E-state index contributed by atoms with van der Waals surface area (Å²) in [6, 6.07) is 1.18. The molecule has 2 aromatic rings. The van der Waals surface area contributed by atoms with E-state index in [4.69, 9.17) is 11.6 Å². The third-order valence-electron chi connectivity index (χ3n) is 2.52. The predicted molar refractivity (Wildman–Crippen MR) is 68.5 cm³/mol. The Bertz CT molecular complexity index is 641. The van der Waals surface area contributed by atoms with E-state index in [1.54, 1.807) is 20.2 Å². The van der Waals surface area contributed by atoms with Crippen LogP contribution in [0.5, 0.6) is 0 Å². The molecule has 2 rings (SSSR count). The molecule has 0 saturated carbocycles. The molecule has 0 radical (unpaired) electrons. The van der Waals surface area contributed by atoms with E-state index in [2.05, 4.69) is 10.1 Å². The second-order valence-electron chi connectivity index (χ2n) is 3.84. The van der Waals surface area contributed by atoms with Crippen LogP contribution in [0.3, 0.4) is 0 Å². The van der Waals surface area contributed by atoms with Gasteiger partial charge in [-0.2, -0.15) is 5.10 Å². The van der Waals surface area contributed by atoms with Gasteiger partial charge in [0.1, 0.15) is 16.4 Å². The summed E-state index contributed by atoms with van der Waals surface area (Å²) in [6.45, 7) is 1.74. The Hall–Kier alpha value is -1.27. The smallest absolute Gasteiger partial charge is 0.152 e. The molecule has 96 valence electrons. The van der Waals surface area contributed by atoms with Crippen molar-refractivity contribution >= 4 is 22.4 Å². The summed E-state index contributed by atoms with van der Waals surface area (Å²) in [7, 11) is 0.476. The van der Waals surface area contributed by atoms with Crippen molar-refractivity contribution in [2.75, 3.05) is 6.26 Å². The Morgan fingerprint density at radius 2 is 2.11 bits per heavy atom. The van der Waals surface area contributed by atoms with Gasteiger partial charge in [-0.05, 0) is 13.0 Å². The van der Waals surface area contributed by atoms with Crippen LogP contribution in [0, 0.1) is 12.7 Å². The number of hydrogen-bond acceptors (Lipinski definition) is 3. The molecule has 4 nitrogen and oxygen atoms in total. The minimum absolute atomic E-state index is 0.115. The SMILES string of the molecule is Cc1c(-c2ncc(Cl)cc2F)nn(C)c1S(C)=O. The number of aryl methyl sites for hydroxylation is 1. The summed E-state index contributed by atoms with van der Waals surface area (Å²) in [6.07, 6.45) is 2.91. The largest absolute Gasteiger partial charge is 0.259 e. The van der Waals surface area contributed by atoms with Crippen LogP contribution >= 0.6 is 11.6 Å². The Balaban J connectivity index is 2.65. The molecule has 18 heavy (non-hydrogen) atoms. The average Bonchev–Trinajstić information content (AvgIpc) is 2.54. The van der Waals surface area contributed by atoms with Crippen LogP contribution in [0.1, 0.15) is 5.56 Å². The fourth-order valence-electron chi connectivity index (χ4n) is 1.83. The maximum atomic E-state index is 13.8. The Kier molecular flexibility index (Phi) is 3.49. The van der Waals surface area contributed by atoms with Gasteiger partial charge in [-0.25, -0.2) is 9.37 Å². The quantitative estimate of drug-likeness (QED) is 0.852. The highest BCUT2D eigenvalue weighted by molar-refractivity contribution is 7.84. The molecule has 0 fully saturated rings. The molecule has 0 saturated heterocycles. The van der Waals surface area contributed by atoms with Crippen molar-refractivity contribution in [3.05, 3.63) is 28.7 Å². The van der Waals surface area contributed by atoms with Crippen molar-refractivity contribution in [1.29, 1.82) is 0 Å². The van der Waals surface area contributed by atoms with Gasteiger partial charge in [0, 0.05) is 25.1 Å². The van der Waals surface area contributed by atoms with Crippen molar-refractivity contribution < 1.29 is 8.60 Å². The summed E-state index contributed by atoms with van der Waals surface area (Å²) < 4.78 is 26.9. The van der Waals surface area contributed by atoms with E-state index in [1.165, 1.54) is 16.9 Å². The Labute approximate surface area is 111 Å². The molecule has 0 bridgehead atoms. The van der Waals surface area contributed by atoms with Gasteiger partial charge < -0.3 is 0 Å². The predicted octanol–water partition coefficient (Wildman–Crippen LogP) is 2.32. The first-order valence-corrected chi connectivity index (χ1v) is 7.04. The second kappa shape index (κ2) is 4.78. The zero-order chi connectivity index (χ0) is 13.4. The number of nitrogens with zero attached hydrogens (tertiary/aromatic N) is 3. The normalized spacial score (nSPS) is 12.7. The molecular weight excluding hydrogens is 277 g/mol. The van der Waals surface area contributed by atoms with Crippen LogP contribution in [0.25, 0.3) is 11.4 Å². The average molecular weight is 288 g/mol. The van der Waals surface area contributed by atoms with Gasteiger partial charge in [0.25, 0.3) is 0 Å². The van der Waals surface area contributed by atoms with Gasteiger partial charge in [0.15, 0.2) is 5.82 Å². The lowest BCUT2D eigenvalue weighted by molar-refractivity contribution is 0.623. The second-order valence-corrected chi connectivity index (χ2v) is 5.57. The lowest BCUT2D eigenvalue weighted by Crippen LogP contribution is -2.00. The fraction of sp³-hybridized carbons (Fsp3) is 0.273. The number of aromatic nitrogens is 3. The minimum atomic E-state index is -1.19. The molecule has 0 aliphatic carbocycles. The molecular formula is C11H11ClFN3OS. The van der Waals surface area contributed by atoms with E-state index >= 15 is 0 Å². The standard InChI is InChI=1S/C11H11ClFN3OS/c1-6-9(15-16(2)11(6)18(3)17)10-8(13)4-7(12)5-14-10/h4-5H,1-3H3. The Morgan fingerprint density at radius 3 is 2.61 bits per heavy atom. The molecule has 0 aromatic carbocycles. The van der Waals surface area contributed by atoms with Crippen LogP contribution in [0.4, 0.5) is 4.39 Å². The van der Waals surface area contributed by atoms with Crippen molar-refractivity contribution in [3.8, 4) is 11.4 Å².